The summed E-state index contributed by atoms with van der Waals surface area (Å²) in [6, 6.07) is 7.10. The van der Waals surface area contributed by atoms with Crippen molar-refractivity contribution < 1.29 is 9.90 Å². The van der Waals surface area contributed by atoms with Crippen LogP contribution in [0.25, 0.3) is 0 Å². The quantitative estimate of drug-likeness (QED) is 0.647. The van der Waals surface area contributed by atoms with Crippen LogP contribution < -0.4 is 5.32 Å². The minimum atomic E-state index is -0.782. The third kappa shape index (κ3) is 6.62. The Morgan fingerprint density at radius 3 is 2.68 bits per heavy atom. The summed E-state index contributed by atoms with van der Waals surface area (Å²) < 4.78 is 0.949. The largest absolute Gasteiger partial charge is 0.480 e. The molecule has 0 saturated carbocycles. The fourth-order valence-electron chi connectivity index (χ4n) is 1.99. The number of carbonyl (C=O) groups is 1. The van der Waals surface area contributed by atoms with Crippen molar-refractivity contribution in [3.05, 3.63) is 28.7 Å². The number of hydrogen-bond acceptors (Lipinski definition) is 2. The molecule has 1 aromatic rings. The SMILES string of the molecule is CCCCCCCC(Nc1cccc(Br)c1)C(=O)O. The van der Waals surface area contributed by atoms with E-state index in [1.807, 2.05) is 24.3 Å². The molecule has 0 fully saturated rings. The van der Waals surface area contributed by atoms with E-state index in [1.54, 1.807) is 0 Å². The van der Waals surface area contributed by atoms with Crippen LogP contribution in [0.4, 0.5) is 5.69 Å². The first-order chi connectivity index (χ1) is 9.13. The molecule has 0 bridgehead atoms. The van der Waals surface area contributed by atoms with E-state index in [4.69, 9.17) is 0 Å². The van der Waals surface area contributed by atoms with Gasteiger partial charge in [-0.25, -0.2) is 4.79 Å². The summed E-state index contributed by atoms with van der Waals surface area (Å²) in [7, 11) is 0. The molecule has 4 heteroatoms. The lowest BCUT2D eigenvalue weighted by Gasteiger charge is -2.15. The minimum Gasteiger partial charge on any atom is -0.480 e. The molecule has 3 nitrogen and oxygen atoms in total. The molecule has 19 heavy (non-hydrogen) atoms. The Hall–Kier alpha value is -1.03. The molecule has 0 heterocycles. The van der Waals surface area contributed by atoms with Gasteiger partial charge >= 0.3 is 5.97 Å². The molecule has 0 aliphatic carbocycles. The average molecular weight is 328 g/mol. The van der Waals surface area contributed by atoms with Crippen molar-refractivity contribution in [1.29, 1.82) is 0 Å². The highest BCUT2D eigenvalue weighted by atomic mass is 79.9. The van der Waals surface area contributed by atoms with Crippen molar-refractivity contribution in [2.75, 3.05) is 5.32 Å². The number of anilines is 1. The van der Waals surface area contributed by atoms with Gasteiger partial charge < -0.3 is 10.4 Å². The standard InChI is InChI=1S/C15H22BrNO2/c1-2-3-4-5-6-10-14(15(18)19)17-13-9-7-8-12(16)11-13/h7-9,11,14,17H,2-6,10H2,1H3,(H,18,19). The number of unbranched alkanes of at least 4 members (excludes halogenated alkanes) is 4. The van der Waals surface area contributed by atoms with Crippen LogP contribution in [0.3, 0.4) is 0 Å². The number of aliphatic carboxylic acids is 1. The summed E-state index contributed by atoms with van der Waals surface area (Å²) in [4.78, 5) is 11.2. The Kier molecular flexibility index (Phi) is 7.56. The summed E-state index contributed by atoms with van der Waals surface area (Å²) >= 11 is 3.38. The van der Waals surface area contributed by atoms with Gasteiger partial charge in [-0.2, -0.15) is 0 Å². The fourth-order valence-corrected chi connectivity index (χ4v) is 2.39. The zero-order valence-electron chi connectivity index (χ0n) is 11.4. The van der Waals surface area contributed by atoms with Crippen LogP contribution in [0.1, 0.15) is 45.4 Å². The van der Waals surface area contributed by atoms with Crippen molar-refractivity contribution in [3.63, 3.8) is 0 Å². The normalized spacial score (nSPS) is 12.1. The number of halogens is 1. The first-order valence-corrected chi connectivity index (χ1v) is 7.67. The number of rotatable bonds is 9. The second kappa shape index (κ2) is 8.97. The molecule has 0 amide bonds. The van der Waals surface area contributed by atoms with E-state index < -0.39 is 12.0 Å². The monoisotopic (exact) mass is 327 g/mol. The second-order valence-corrected chi connectivity index (χ2v) is 5.66. The van der Waals surface area contributed by atoms with Gasteiger partial charge in [0.05, 0.1) is 0 Å². The third-order valence-electron chi connectivity index (χ3n) is 3.06. The molecular weight excluding hydrogens is 306 g/mol. The van der Waals surface area contributed by atoms with Gasteiger partial charge in [0.25, 0.3) is 0 Å². The van der Waals surface area contributed by atoms with E-state index in [2.05, 4.69) is 28.2 Å². The number of carboxylic acid groups (broad SMARTS) is 1. The number of carboxylic acids is 1. The van der Waals surface area contributed by atoms with Gasteiger partial charge in [-0.3, -0.25) is 0 Å². The van der Waals surface area contributed by atoms with Crippen LogP contribution in [-0.2, 0) is 4.79 Å². The first kappa shape index (κ1) is 16.0. The summed E-state index contributed by atoms with van der Waals surface area (Å²) in [5.41, 5.74) is 0.843. The maximum absolute atomic E-state index is 11.2. The molecule has 106 valence electrons. The van der Waals surface area contributed by atoms with Crippen molar-refractivity contribution >= 4 is 27.6 Å². The van der Waals surface area contributed by atoms with Gasteiger partial charge in [0.15, 0.2) is 0 Å². The van der Waals surface area contributed by atoms with Crippen LogP contribution in [0, 0.1) is 0 Å². The Balaban J connectivity index is 2.42. The van der Waals surface area contributed by atoms with E-state index in [-0.39, 0.29) is 0 Å². The molecular formula is C15H22BrNO2. The highest BCUT2D eigenvalue weighted by molar-refractivity contribution is 9.10. The van der Waals surface area contributed by atoms with Gasteiger partial charge in [-0.1, -0.05) is 61.0 Å². The van der Waals surface area contributed by atoms with E-state index in [9.17, 15) is 9.90 Å². The molecule has 1 aromatic carbocycles. The molecule has 1 unspecified atom stereocenters. The maximum atomic E-state index is 11.2. The van der Waals surface area contributed by atoms with Crippen molar-refractivity contribution in [2.45, 2.75) is 51.5 Å². The lowest BCUT2D eigenvalue weighted by molar-refractivity contribution is -0.138. The lowest BCUT2D eigenvalue weighted by Crippen LogP contribution is -2.29. The lowest BCUT2D eigenvalue weighted by atomic mass is 10.1. The van der Waals surface area contributed by atoms with Crippen LogP contribution in [-0.4, -0.2) is 17.1 Å². The molecule has 0 saturated heterocycles. The molecule has 0 aliphatic heterocycles. The number of nitrogens with one attached hydrogen (secondary N) is 1. The van der Waals surface area contributed by atoms with Crippen molar-refractivity contribution in [1.82, 2.24) is 0 Å². The molecule has 2 N–H and O–H groups in total. The molecule has 0 spiro atoms. The van der Waals surface area contributed by atoms with E-state index in [1.165, 1.54) is 19.3 Å². The van der Waals surface area contributed by atoms with E-state index >= 15 is 0 Å². The Morgan fingerprint density at radius 1 is 1.32 bits per heavy atom. The van der Waals surface area contributed by atoms with Crippen LogP contribution in [0.2, 0.25) is 0 Å². The zero-order valence-corrected chi connectivity index (χ0v) is 12.9. The van der Waals surface area contributed by atoms with Gasteiger partial charge in [0.1, 0.15) is 6.04 Å². The first-order valence-electron chi connectivity index (χ1n) is 6.88. The van der Waals surface area contributed by atoms with Gasteiger partial charge in [0, 0.05) is 10.2 Å². The summed E-state index contributed by atoms with van der Waals surface area (Å²) in [5.74, 6) is -0.782. The molecule has 0 aromatic heterocycles. The number of benzene rings is 1. The maximum Gasteiger partial charge on any atom is 0.326 e. The zero-order chi connectivity index (χ0) is 14.1. The molecule has 1 atom stereocenters. The molecule has 1 rings (SSSR count). The summed E-state index contributed by atoms with van der Waals surface area (Å²) in [5, 5.41) is 12.3. The summed E-state index contributed by atoms with van der Waals surface area (Å²) in [6.45, 7) is 2.18. The molecule has 0 radical (unpaired) electrons. The van der Waals surface area contributed by atoms with Crippen LogP contribution >= 0.6 is 15.9 Å². The Bertz CT molecular complexity index is 395. The predicted octanol–water partition coefficient (Wildman–Crippen LogP) is 4.67. The van der Waals surface area contributed by atoms with E-state index in [0.717, 1.165) is 23.0 Å². The second-order valence-electron chi connectivity index (χ2n) is 4.75. The minimum absolute atomic E-state index is 0.504. The Labute approximate surface area is 123 Å². The smallest absolute Gasteiger partial charge is 0.326 e. The topological polar surface area (TPSA) is 49.3 Å². The molecule has 0 aliphatic rings. The number of hydrogen-bond donors (Lipinski definition) is 2. The van der Waals surface area contributed by atoms with Crippen molar-refractivity contribution in [3.8, 4) is 0 Å². The predicted molar refractivity (Wildman–Crippen MR) is 82.6 cm³/mol. The third-order valence-corrected chi connectivity index (χ3v) is 3.55. The van der Waals surface area contributed by atoms with Gasteiger partial charge in [-0.15, -0.1) is 0 Å². The Morgan fingerprint density at radius 2 is 2.05 bits per heavy atom. The van der Waals surface area contributed by atoms with Crippen LogP contribution in [0.5, 0.6) is 0 Å². The fraction of sp³-hybridized carbons (Fsp3) is 0.533. The highest BCUT2D eigenvalue weighted by Crippen LogP contribution is 2.18. The summed E-state index contributed by atoms with van der Waals surface area (Å²) in [6.07, 6.45) is 6.37. The van der Waals surface area contributed by atoms with E-state index in [0.29, 0.717) is 6.42 Å². The van der Waals surface area contributed by atoms with Crippen molar-refractivity contribution in [2.24, 2.45) is 0 Å². The van der Waals surface area contributed by atoms with Gasteiger partial charge in [-0.05, 0) is 24.6 Å². The average Bonchev–Trinajstić information content (AvgIpc) is 2.37. The van der Waals surface area contributed by atoms with Gasteiger partial charge in [0.2, 0.25) is 0 Å². The van der Waals surface area contributed by atoms with Crippen LogP contribution in [0.15, 0.2) is 28.7 Å². The highest BCUT2D eigenvalue weighted by Gasteiger charge is 2.16.